The molecule has 0 unspecified atom stereocenters. The largest absolute Gasteiger partial charge is 0.481 e. The van der Waals surface area contributed by atoms with E-state index < -0.39 is 16.9 Å². The van der Waals surface area contributed by atoms with Gasteiger partial charge in [0.15, 0.2) is 0 Å². The van der Waals surface area contributed by atoms with Crippen molar-refractivity contribution in [1.82, 2.24) is 0 Å². The van der Waals surface area contributed by atoms with Gasteiger partial charge in [-0.1, -0.05) is 24.3 Å². The van der Waals surface area contributed by atoms with E-state index in [1.165, 1.54) is 24.3 Å². The lowest BCUT2D eigenvalue weighted by molar-refractivity contribution is -0.384. The Kier molecular flexibility index (Phi) is 5.62. The lowest BCUT2D eigenvalue weighted by Crippen LogP contribution is -2.11. The van der Waals surface area contributed by atoms with Crippen LogP contribution in [0.15, 0.2) is 48.5 Å². The summed E-state index contributed by atoms with van der Waals surface area (Å²) in [4.78, 5) is 32.4. The Morgan fingerprint density at radius 2 is 1.58 bits per heavy atom. The van der Waals surface area contributed by atoms with Crippen molar-refractivity contribution in [2.24, 2.45) is 0 Å². The number of esters is 1. The molecule has 2 aromatic carbocycles. The third-order valence-electron chi connectivity index (χ3n) is 3.28. The molecule has 124 valence electrons. The number of nitro benzene ring substituents is 1. The van der Waals surface area contributed by atoms with Crippen LogP contribution in [0.1, 0.15) is 17.5 Å². The maximum atomic E-state index is 11.9. The summed E-state index contributed by atoms with van der Waals surface area (Å²) >= 11 is 0. The Bertz CT molecular complexity index is 737. The second kappa shape index (κ2) is 7.87. The Morgan fingerprint density at radius 1 is 1.00 bits per heavy atom. The molecule has 1 N–H and O–H groups in total. The number of carbonyl (C=O) groups excluding carboxylic acids is 1. The highest BCUT2D eigenvalue weighted by molar-refractivity contribution is 5.75. The van der Waals surface area contributed by atoms with E-state index in [2.05, 4.69) is 0 Å². The van der Waals surface area contributed by atoms with Crippen LogP contribution in [0.3, 0.4) is 0 Å². The molecule has 0 spiro atoms. The molecule has 0 saturated heterocycles. The van der Waals surface area contributed by atoms with Crippen molar-refractivity contribution in [2.75, 3.05) is 0 Å². The predicted octanol–water partition coefficient (Wildman–Crippen LogP) is 2.76. The van der Waals surface area contributed by atoms with Gasteiger partial charge < -0.3 is 9.84 Å². The van der Waals surface area contributed by atoms with Crippen LogP contribution in [0.2, 0.25) is 0 Å². The molecule has 0 radical (unpaired) electrons. The molecule has 0 fully saturated rings. The maximum absolute atomic E-state index is 11.9. The van der Waals surface area contributed by atoms with E-state index in [-0.39, 0.29) is 18.5 Å². The monoisotopic (exact) mass is 329 g/mol. The number of rotatable bonds is 7. The molecule has 24 heavy (non-hydrogen) atoms. The summed E-state index contributed by atoms with van der Waals surface area (Å²) in [5.74, 6) is -0.989. The smallest absolute Gasteiger partial charge is 0.315 e. The summed E-state index contributed by atoms with van der Waals surface area (Å²) < 4.78 is 5.19. The van der Waals surface area contributed by atoms with Crippen LogP contribution < -0.4 is 4.74 Å². The molecular weight excluding hydrogens is 314 g/mol. The highest BCUT2D eigenvalue weighted by atomic mass is 16.6. The molecule has 7 heteroatoms. The zero-order valence-electron chi connectivity index (χ0n) is 12.7. The topological polar surface area (TPSA) is 107 Å². The van der Waals surface area contributed by atoms with Gasteiger partial charge in [-0.3, -0.25) is 19.7 Å². The molecule has 0 atom stereocenters. The molecule has 0 amide bonds. The number of aryl methyl sites for hydroxylation is 1. The fourth-order valence-corrected chi connectivity index (χ4v) is 2.05. The molecule has 0 aliphatic rings. The summed E-state index contributed by atoms with van der Waals surface area (Å²) in [6, 6.07) is 12.3. The number of ether oxygens (including phenoxy) is 1. The number of non-ortho nitro benzene ring substituents is 1. The number of nitrogens with zero attached hydrogens (tertiary/aromatic N) is 1. The highest BCUT2D eigenvalue weighted by Crippen LogP contribution is 2.16. The molecule has 7 nitrogen and oxygen atoms in total. The standard InChI is InChI=1S/C17H15NO6/c19-16(20)10-5-12-3-8-15(9-4-12)24-17(21)11-13-1-6-14(7-2-13)18(22)23/h1-4,6-9H,5,10-11H2,(H,19,20). The molecule has 0 aromatic heterocycles. The van der Waals surface area contributed by atoms with Crippen molar-refractivity contribution in [3.05, 3.63) is 69.8 Å². The fraction of sp³-hybridized carbons (Fsp3) is 0.176. The zero-order valence-corrected chi connectivity index (χ0v) is 12.7. The van der Waals surface area contributed by atoms with Gasteiger partial charge in [0.25, 0.3) is 5.69 Å². The second-order valence-electron chi connectivity index (χ2n) is 5.11. The zero-order chi connectivity index (χ0) is 17.5. The quantitative estimate of drug-likeness (QED) is 0.362. The number of hydrogen-bond donors (Lipinski definition) is 1. The lowest BCUT2D eigenvalue weighted by atomic mass is 10.1. The van der Waals surface area contributed by atoms with E-state index in [4.69, 9.17) is 9.84 Å². The number of carboxylic acid groups (broad SMARTS) is 1. The van der Waals surface area contributed by atoms with Crippen molar-refractivity contribution >= 4 is 17.6 Å². The second-order valence-corrected chi connectivity index (χ2v) is 5.11. The van der Waals surface area contributed by atoms with Crippen LogP contribution in [-0.4, -0.2) is 22.0 Å². The minimum atomic E-state index is -0.867. The summed E-state index contributed by atoms with van der Waals surface area (Å²) in [5, 5.41) is 19.2. The molecule has 2 rings (SSSR count). The highest BCUT2D eigenvalue weighted by Gasteiger charge is 2.09. The van der Waals surface area contributed by atoms with Crippen molar-refractivity contribution in [1.29, 1.82) is 0 Å². The summed E-state index contributed by atoms with van der Waals surface area (Å²) in [5.41, 5.74) is 1.42. The van der Waals surface area contributed by atoms with Crippen molar-refractivity contribution in [2.45, 2.75) is 19.3 Å². The van der Waals surface area contributed by atoms with Crippen LogP contribution in [0.25, 0.3) is 0 Å². The first-order valence-corrected chi connectivity index (χ1v) is 7.19. The SMILES string of the molecule is O=C(O)CCc1ccc(OC(=O)Cc2ccc([N+](=O)[O-])cc2)cc1. The first-order chi connectivity index (χ1) is 11.4. The Morgan fingerprint density at radius 3 is 2.12 bits per heavy atom. The normalized spacial score (nSPS) is 10.2. The molecule has 0 aliphatic heterocycles. The van der Waals surface area contributed by atoms with E-state index in [0.717, 1.165) is 5.56 Å². The number of carbonyl (C=O) groups is 2. The van der Waals surface area contributed by atoms with Gasteiger partial charge in [0.05, 0.1) is 11.3 Å². The minimum absolute atomic E-state index is 0.00123. The molecular formula is C17H15NO6. The lowest BCUT2D eigenvalue weighted by Gasteiger charge is -2.05. The van der Waals surface area contributed by atoms with Gasteiger partial charge in [0.2, 0.25) is 0 Å². The van der Waals surface area contributed by atoms with Crippen LogP contribution in [-0.2, 0) is 22.4 Å². The third-order valence-corrected chi connectivity index (χ3v) is 3.28. The van der Waals surface area contributed by atoms with Crippen molar-refractivity contribution < 1.29 is 24.4 Å². The first-order valence-electron chi connectivity index (χ1n) is 7.19. The van der Waals surface area contributed by atoms with Crippen LogP contribution in [0.4, 0.5) is 5.69 Å². The van der Waals surface area contributed by atoms with Gasteiger partial charge >= 0.3 is 11.9 Å². The summed E-state index contributed by atoms with van der Waals surface area (Å²) in [6.45, 7) is 0. The Balaban J connectivity index is 1.89. The first kappa shape index (κ1) is 17.1. The van der Waals surface area contributed by atoms with Gasteiger partial charge in [-0.25, -0.2) is 0 Å². The maximum Gasteiger partial charge on any atom is 0.315 e. The van der Waals surface area contributed by atoms with Crippen molar-refractivity contribution in [3.63, 3.8) is 0 Å². The molecule has 0 bridgehead atoms. The Labute approximate surface area is 137 Å². The number of aliphatic carboxylic acids is 1. The van der Waals surface area contributed by atoms with E-state index >= 15 is 0 Å². The van der Waals surface area contributed by atoms with Crippen LogP contribution in [0, 0.1) is 10.1 Å². The van der Waals surface area contributed by atoms with E-state index in [1.54, 1.807) is 24.3 Å². The van der Waals surface area contributed by atoms with E-state index in [0.29, 0.717) is 17.7 Å². The third kappa shape index (κ3) is 5.20. The summed E-state index contributed by atoms with van der Waals surface area (Å²) in [7, 11) is 0. The van der Waals surface area contributed by atoms with E-state index in [9.17, 15) is 19.7 Å². The number of carboxylic acids is 1. The van der Waals surface area contributed by atoms with Gasteiger partial charge in [0, 0.05) is 18.6 Å². The number of nitro groups is 1. The average Bonchev–Trinajstić information content (AvgIpc) is 2.54. The van der Waals surface area contributed by atoms with Gasteiger partial charge in [-0.15, -0.1) is 0 Å². The molecule has 0 saturated carbocycles. The van der Waals surface area contributed by atoms with Crippen LogP contribution in [0.5, 0.6) is 5.75 Å². The van der Waals surface area contributed by atoms with E-state index in [1.807, 2.05) is 0 Å². The predicted molar refractivity (Wildman–Crippen MR) is 84.8 cm³/mol. The van der Waals surface area contributed by atoms with Gasteiger partial charge in [-0.2, -0.15) is 0 Å². The number of benzene rings is 2. The minimum Gasteiger partial charge on any atom is -0.481 e. The summed E-state index contributed by atoms with van der Waals surface area (Å²) in [6.07, 6.45) is 0.449. The van der Waals surface area contributed by atoms with Gasteiger partial charge in [-0.05, 0) is 29.7 Å². The number of hydrogen-bond acceptors (Lipinski definition) is 5. The van der Waals surface area contributed by atoms with Crippen LogP contribution >= 0.6 is 0 Å². The fourth-order valence-electron chi connectivity index (χ4n) is 2.05. The van der Waals surface area contributed by atoms with Gasteiger partial charge in [0.1, 0.15) is 5.75 Å². The van der Waals surface area contributed by atoms with Crippen molar-refractivity contribution in [3.8, 4) is 5.75 Å². The average molecular weight is 329 g/mol. The molecule has 0 aliphatic carbocycles. The Hall–Kier alpha value is -3.22. The molecule has 2 aromatic rings. The molecule has 0 heterocycles.